The molecule has 0 saturated carbocycles. The number of rotatable bonds is 7. The molecular weight excluding hydrogens is 268 g/mol. The summed E-state index contributed by atoms with van der Waals surface area (Å²) in [6, 6.07) is 13.3. The van der Waals surface area contributed by atoms with E-state index in [-0.39, 0.29) is 0 Å². The van der Waals surface area contributed by atoms with Gasteiger partial charge in [-0.3, -0.25) is 0 Å². The standard InChI is InChI=1S/C11H24.C10H8O/c1-4-5-6-7-8-9-10-11(2)3;11-10-6-5-8-3-1-2-4-9(8)7-10/h11H,4-10H2,1-3H3;1-7,11H. The second kappa shape index (κ2) is 11.1. The van der Waals surface area contributed by atoms with Crippen molar-refractivity contribution in [3.8, 4) is 5.75 Å². The van der Waals surface area contributed by atoms with E-state index in [2.05, 4.69) is 20.8 Å². The highest BCUT2D eigenvalue weighted by Crippen LogP contribution is 2.18. The van der Waals surface area contributed by atoms with Crippen LogP contribution in [0.5, 0.6) is 5.75 Å². The molecule has 22 heavy (non-hydrogen) atoms. The Bertz CT molecular complexity index is 516. The molecule has 0 spiro atoms. The molecule has 1 nitrogen and oxygen atoms in total. The highest BCUT2D eigenvalue weighted by Gasteiger charge is 1.93. The first-order valence-electron chi connectivity index (χ1n) is 8.81. The number of phenolic OH excluding ortho intramolecular Hbond substituents is 1. The third-order valence-corrected chi connectivity index (χ3v) is 3.87. The van der Waals surface area contributed by atoms with Gasteiger partial charge < -0.3 is 5.11 Å². The van der Waals surface area contributed by atoms with Crippen molar-refractivity contribution in [2.45, 2.75) is 65.7 Å². The highest BCUT2D eigenvalue weighted by molar-refractivity contribution is 5.83. The van der Waals surface area contributed by atoms with Crippen LogP contribution in [0.1, 0.15) is 65.7 Å². The number of benzene rings is 2. The molecule has 0 unspecified atom stereocenters. The zero-order valence-electron chi connectivity index (χ0n) is 14.5. The molecule has 0 aliphatic rings. The van der Waals surface area contributed by atoms with Crippen LogP contribution >= 0.6 is 0 Å². The average Bonchev–Trinajstić information content (AvgIpc) is 2.51. The van der Waals surface area contributed by atoms with Gasteiger partial charge in [0.05, 0.1) is 0 Å². The molecule has 1 heteroatoms. The normalized spacial score (nSPS) is 10.5. The molecule has 2 aromatic rings. The van der Waals surface area contributed by atoms with E-state index in [1.807, 2.05) is 30.3 Å². The van der Waals surface area contributed by atoms with Gasteiger partial charge in [-0.15, -0.1) is 0 Å². The monoisotopic (exact) mass is 300 g/mol. The lowest BCUT2D eigenvalue weighted by atomic mass is 10.0. The van der Waals surface area contributed by atoms with Gasteiger partial charge >= 0.3 is 0 Å². The van der Waals surface area contributed by atoms with Gasteiger partial charge in [0.25, 0.3) is 0 Å². The molecule has 2 aromatic carbocycles. The van der Waals surface area contributed by atoms with Crippen molar-refractivity contribution >= 4 is 10.8 Å². The summed E-state index contributed by atoms with van der Waals surface area (Å²) in [6.45, 7) is 6.90. The summed E-state index contributed by atoms with van der Waals surface area (Å²) in [7, 11) is 0. The molecule has 1 N–H and O–H groups in total. The van der Waals surface area contributed by atoms with Crippen molar-refractivity contribution in [2.75, 3.05) is 0 Å². The van der Waals surface area contributed by atoms with Crippen molar-refractivity contribution < 1.29 is 5.11 Å². The van der Waals surface area contributed by atoms with Crippen molar-refractivity contribution in [1.29, 1.82) is 0 Å². The molecule has 0 radical (unpaired) electrons. The lowest BCUT2D eigenvalue weighted by Crippen LogP contribution is -1.86. The molecule has 0 saturated heterocycles. The summed E-state index contributed by atoms with van der Waals surface area (Å²) in [5, 5.41) is 11.4. The van der Waals surface area contributed by atoms with Crippen LogP contribution in [0.4, 0.5) is 0 Å². The third kappa shape index (κ3) is 8.07. The largest absolute Gasteiger partial charge is 0.508 e. The van der Waals surface area contributed by atoms with Crippen molar-refractivity contribution in [3.63, 3.8) is 0 Å². The van der Waals surface area contributed by atoms with Gasteiger partial charge in [-0.2, -0.15) is 0 Å². The number of unbranched alkanes of at least 4 members (excludes halogenated alkanes) is 5. The number of hydrogen-bond acceptors (Lipinski definition) is 1. The highest BCUT2D eigenvalue weighted by atomic mass is 16.3. The Morgan fingerprint density at radius 1 is 0.818 bits per heavy atom. The van der Waals surface area contributed by atoms with E-state index in [0.717, 1.165) is 16.7 Å². The van der Waals surface area contributed by atoms with Crippen molar-refractivity contribution in [1.82, 2.24) is 0 Å². The van der Waals surface area contributed by atoms with Crippen LogP contribution in [-0.4, -0.2) is 5.11 Å². The van der Waals surface area contributed by atoms with E-state index < -0.39 is 0 Å². The molecule has 122 valence electrons. The summed E-state index contributed by atoms with van der Waals surface area (Å²) < 4.78 is 0. The van der Waals surface area contributed by atoms with Crippen LogP contribution in [0.2, 0.25) is 0 Å². The minimum Gasteiger partial charge on any atom is -0.508 e. The number of hydrogen-bond donors (Lipinski definition) is 1. The summed E-state index contributed by atoms with van der Waals surface area (Å²) in [6.07, 6.45) is 10.0. The smallest absolute Gasteiger partial charge is 0.116 e. The Morgan fingerprint density at radius 2 is 1.45 bits per heavy atom. The molecule has 2 rings (SSSR count). The number of aromatic hydroxyl groups is 1. The molecule has 0 amide bonds. The van der Waals surface area contributed by atoms with Crippen molar-refractivity contribution in [2.24, 2.45) is 5.92 Å². The number of fused-ring (bicyclic) bond motifs is 1. The summed E-state index contributed by atoms with van der Waals surface area (Å²) in [5.41, 5.74) is 0. The minimum atomic E-state index is 0.323. The average molecular weight is 300 g/mol. The predicted octanol–water partition coefficient (Wildman–Crippen LogP) is 6.94. The van der Waals surface area contributed by atoms with Crippen LogP contribution < -0.4 is 0 Å². The van der Waals surface area contributed by atoms with Crippen molar-refractivity contribution in [3.05, 3.63) is 42.5 Å². The predicted molar refractivity (Wildman–Crippen MR) is 98.4 cm³/mol. The maximum absolute atomic E-state index is 9.13. The SMILES string of the molecule is CCCCCCCCC(C)C.Oc1ccc2ccccc2c1. The minimum absolute atomic E-state index is 0.323. The van der Waals surface area contributed by atoms with Crippen LogP contribution in [0.3, 0.4) is 0 Å². The van der Waals surface area contributed by atoms with E-state index in [1.165, 1.54) is 44.9 Å². The summed E-state index contributed by atoms with van der Waals surface area (Å²) >= 11 is 0. The second-order valence-electron chi connectivity index (χ2n) is 6.48. The van der Waals surface area contributed by atoms with E-state index in [1.54, 1.807) is 12.1 Å². The Balaban J connectivity index is 0.000000220. The van der Waals surface area contributed by atoms with Gasteiger partial charge in [0.1, 0.15) is 5.75 Å². The Morgan fingerprint density at radius 3 is 2.14 bits per heavy atom. The first kappa shape index (κ1) is 18.5. The molecule has 0 bridgehead atoms. The molecule has 0 aromatic heterocycles. The zero-order chi connectivity index (χ0) is 16.2. The maximum Gasteiger partial charge on any atom is 0.116 e. The van der Waals surface area contributed by atoms with Crippen LogP contribution in [-0.2, 0) is 0 Å². The molecule has 0 aliphatic heterocycles. The lowest BCUT2D eigenvalue weighted by Gasteiger charge is -2.03. The molecule has 0 fully saturated rings. The molecule has 0 aliphatic carbocycles. The van der Waals surface area contributed by atoms with E-state index in [4.69, 9.17) is 5.11 Å². The van der Waals surface area contributed by atoms with Gasteiger partial charge in [0.2, 0.25) is 0 Å². The fourth-order valence-electron chi connectivity index (χ4n) is 2.51. The lowest BCUT2D eigenvalue weighted by molar-refractivity contribution is 0.476. The molecule has 0 heterocycles. The topological polar surface area (TPSA) is 20.2 Å². The van der Waals surface area contributed by atoms with Gasteiger partial charge in [0, 0.05) is 0 Å². The van der Waals surface area contributed by atoms with E-state index in [0.29, 0.717) is 5.75 Å². The first-order chi connectivity index (χ1) is 10.6. The Labute approximate surface area is 136 Å². The quantitative estimate of drug-likeness (QED) is 0.549. The van der Waals surface area contributed by atoms with Gasteiger partial charge in [-0.1, -0.05) is 96.0 Å². The zero-order valence-corrected chi connectivity index (χ0v) is 14.5. The molecular formula is C21H32O. The van der Waals surface area contributed by atoms with Gasteiger partial charge in [0.15, 0.2) is 0 Å². The molecule has 0 atom stereocenters. The summed E-state index contributed by atoms with van der Waals surface area (Å²) in [4.78, 5) is 0. The first-order valence-corrected chi connectivity index (χ1v) is 8.81. The van der Waals surface area contributed by atoms with Crippen LogP contribution in [0.15, 0.2) is 42.5 Å². The van der Waals surface area contributed by atoms with Gasteiger partial charge in [-0.05, 0) is 28.8 Å². The number of phenols is 1. The Kier molecular flexibility index (Phi) is 9.37. The van der Waals surface area contributed by atoms with E-state index in [9.17, 15) is 0 Å². The fraction of sp³-hybridized carbons (Fsp3) is 0.524. The van der Waals surface area contributed by atoms with Crippen LogP contribution in [0.25, 0.3) is 10.8 Å². The Hall–Kier alpha value is -1.50. The second-order valence-corrected chi connectivity index (χ2v) is 6.48. The third-order valence-electron chi connectivity index (χ3n) is 3.87. The van der Waals surface area contributed by atoms with Gasteiger partial charge in [-0.25, -0.2) is 0 Å². The maximum atomic E-state index is 9.13. The van der Waals surface area contributed by atoms with Crippen LogP contribution in [0, 0.1) is 5.92 Å². The van der Waals surface area contributed by atoms with E-state index >= 15 is 0 Å². The summed E-state index contributed by atoms with van der Waals surface area (Å²) in [5.74, 6) is 1.23. The fourth-order valence-corrected chi connectivity index (χ4v) is 2.51.